The van der Waals surface area contributed by atoms with E-state index in [-0.39, 0.29) is 11.9 Å². The number of hydrogen-bond donors (Lipinski definition) is 6. The van der Waals surface area contributed by atoms with Gasteiger partial charge in [-0.25, -0.2) is 9.98 Å². The zero-order chi connectivity index (χ0) is 41.1. The summed E-state index contributed by atoms with van der Waals surface area (Å²) < 4.78 is 8.84. The summed E-state index contributed by atoms with van der Waals surface area (Å²) in [7, 11) is 0. The predicted molar refractivity (Wildman–Crippen MR) is 236 cm³/mol. The lowest BCUT2D eigenvalue weighted by molar-refractivity contribution is 0.327. The van der Waals surface area contributed by atoms with Crippen molar-refractivity contribution in [3.05, 3.63) is 180 Å². The molecule has 6 N–H and O–H groups in total. The van der Waals surface area contributed by atoms with Crippen LogP contribution in [0.1, 0.15) is 34.1 Å². The number of nitrogens with one attached hydrogen (secondary N) is 1. The van der Waals surface area contributed by atoms with Gasteiger partial charge in [0, 0.05) is 50.1 Å². The number of phenolic OH excluding ortho intramolecular Hbond substituents is 5. The topological polar surface area (TPSA) is 168 Å². The number of fused-ring (bicyclic) bond motifs is 6. The van der Waals surface area contributed by atoms with Gasteiger partial charge < -0.3 is 34.5 Å². The molecular weight excluding hydrogens is 753 g/mol. The van der Waals surface area contributed by atoms with Gasteiger partial charge in [0.05, 0.1) is 6.04 Å². The van der Waals surface area contributed by atoms with E-state index in [1.807, 2.05) is 66.7 Å². The SMILES string of the molecule is N=C(/N=C(\N=C\c1cccc2oc3c(c12)C(n1c2ccc(-c4ccccc4)cc2c2cc(-c4ccccc4)ccc21)C=C3)c1ccccc1)c1c(O)c(O)c(O)c(O)c1O. The minimum Gasteiger partial charge on any atom is -0.504 e. The van der Waals surface area contributed by atoms with Gasteiger partial charge in [-0.05, 0) is 58.7 Å². The molecular formula is C50H34N4O6. The summed E-state index contributed by atoms with van der Waals surface area (Å²) in [6.07, 6.45) is 5.79. The molecule has 290 valence electrons. The molecule has 0 spiro atoms. The number of rotatable bonds is 6. The first-order valence-corrected chi connectivity index (χ1v) is 19.1. The van der Waals surface area contributed by atoms with E-state index in [1.54, 1.807) is 30.5 Å². The van der Waals surface area contributed by atoms with Gasteiger partial charge in [-0.15, -0.1) is 0 Å². The maximum atomic E-state index is 10.5. The van der Waals surface area contributed by atoms with Crippen molar-refractivity contribution in [3.8, 4) is 51.0 Å². The zero-order valence-electron chi connectivity index (χ0n) is 31.7. The summed E-state index contributed by atoms with van der Waals surface area (Å²) in [4.78, 5) is 9.07. The van der Waals surface area contributed by atoms with E-state index in [0.29, 0.717) is 16.7 Å². The number of allylic oxidation sites excluding steroid dienone is 1. The highest BCUT2D eigenvalue weighted by atomic mass is 16.4. The lowest BCUT2D eigenvalue weighted by atomic mass is 10.0. The van der Waals surface area contributed by atoms with E-state index in [9.17, 15) is 25.5 Å². The van der Waals surface area contributed by atoms with Crippen molar-refractivity contribution in [3.63, 3.8) is 0 Å². The van der Waals surface area contributed by atoms with Crippen LogP contribution in [0.5, 0.6) is 28.7 Å². The van der Waals surface area contributed by atoms with Crippen LogP contribution in [0.15, 0.2) is 166 Å². The number of phenols is 5. The minimum atomic E-state index is -1.13. The van der Waals surface area contributed by atoms with E-state index in [2.05, 4.69) is 76.3 Å². The minimum absolute atomic E-state index is 0.0316. The predicted octanol–water partition coefficient (Wildman–Crippen LogP) is 10.9. The number of aromatic nitrogens is 1. The molecule has 10 rings (SSSR count). The highest BCUT2D eigenvalue weighted by molar-refractivity contribution is 6.17. The summed E-state index contributed by atoms with van der Waals surface area (Å²) in [5.41, 5.74) is 8.78. The van der Waals surface area contributed by atoms with Gasteiger partial charge in [0.25, 0.3) is 0 Å². The van der Waals surface area contributed by atoms with Gasteiger partial charge in [0.15, 0.2) is 23.2 Å². The van der Waals surface area contributed by atoms with E-state index in [1.165, 1.54) is 0 Å². The number of hydrogen-bond acceptors (Lipinski definition) is 7. The number of benzene rings is 7. The first-order chi connectivity index (χ1) is 29.3. The summed E-state index contributed by atoms with van der Waals surface area (Å²) in [6, 6.07) is 48.3. The van der Waals surface area contributed by atoms with Gasteiger partial charge >= 0.3 is 0 Å². The van der Waals surface area contributed by atoms with Crippen LogP contribution in [0.2, 0.25) is 0 Å². The fraction of sp³-hybridized carbons (Fsp3) is 0.0200. The Morgan fingerprint density at radius 3 is 1.73 bits per heavy atom. The highest BCUT2D eigenvalue weighted by Gasteiger charge is 2.30. The Hall–Kier alpha value is -8.37. The van der Waals surface area contributed by atoms with Crippen molar-refractivity contribution >= 4 is 56.7 Å². The number of aromatic hydroxyl groups is 5. The highest BCUT2D eigenvalue weighted by Crippen LogP contribution is 2.51. The zero-order valence-corrected chi connectivity index (χ0v) is 31.7. The summed E-state index contributed by atoms with van der Waals surface area (Å²) in [5.74, 6) is -5.36. The van der Waals surface area contributed by atoms with Gasteiger partial charge in [-0.3, -0.25) is 5.41 Å². The van der Waals surface area contributed by atoms with E-state index in [0.717, 1.165) is 60.8 Å². The Labute approximate surface area is 342 Å². The average molecular weight is 787 g/mol. The first kappa shape index (κ1) is 36.0. The molecule has 60 heavy (non-hydrogen) atoms. The lowest BCUT2D eigenvalue weighted by Gasteiger charge is -2.16. The third-order valence-corrected chi connectivity index (χ3v) is 11.0. The van der Waals surface area contributed by atoms with E-state index >= 15 is 0 Å². The van der Waals surface area contributed by atoms with Crippen LogP contribution < -0.4 is 0 Å². The summed E-state index contributed by atoms with van der Waals surface area (Å²) in [6.45, 7) is 0. The molecule has 0 aliphatic heterocycles. The van der Waals surface area contributed by atoms with Crippen LogP contribution >= 0.6 is 0 Å². The average Bonchev–Trinajstić information content (AvgIpc) is 3.97. The molecule has 0 saturated heterocycles. The molecule has 0 bridgehead atoms. The molecule has 7 aromatic carbocycles. The van der Waals surface area contributed by atoms with Crippen LogP contribution in [0, 0.1) is 5.41 Å². The Morgan fingerprint density at radius 1 is 0.600 bits per heavy atom. The molecule has 10 heteroatoms. The van der Waals surface area contributed by atoms with Crippen LogP contribution in [-0.2, 0) is 0 Å². The molecule has 0 amide bonds. The largest absolute Gasteiger partial charge is 0.504 e. The molecule has 1 unspecified atom stereocenters. The summed E-state index contributed by atoms with van der Waals surface area (Å²) >= 11 is 0. The quantitative estimate of drug-likeness (QED) is 0.0424. The fourth-order valence-electron chi connectivity index (χ4n) is 8.16. The van der Waals surface area contributed by atoms with Gasteiger partial charge in [0.1, 0.15) is 16.9 Å². The third-order valence-electron chi connectivity index (χ3n) is 11.0. The molecule has 10 nitrogen and oxygen atoms in total. The van der Waals surface area contributed by atoms with Crippen LogP contribution in [0.25, 0.3) is 61.1 Å². The number of nitrogens with zero attached hydrogens (tertiary/aromatic N) is 3. The summed E-state index contributed by atoms with van der Waals surface area (Å²) in [5, 5.41) is 63.1. The second-order valence-electron chi connectivity index (χ2n) is 14.5. The van der Waals surface area contributed by atoms with Crippen LogP contribution in [0.4, 0.5) is 0 Å². The number of furan rings is 1. The molecule has 1 aliphatic rings. The molecule has 2 heterocycles. The van der Waals surface area contributed by atoms with Crippen molar-refractivity contribution in [1.82, 2.24) is 4.57 Å². The smallest absolute Gasteiger partial charge is 0.208 e. The van der Waals surface area contributed by atoms with Gasteiger partial charge in [0.2, 0.25) is 17.2 Å². The van der Waals surface area contributed by atoms with Gasteiger partial charge in [-0.1, -0.05) is 121 Å². The van der Waals surface area contributed by atoms with Crippen molar-refractivity contribution in [2.45, 2.75) is 6.04 Å². The van der Waals surface area contributed by atoms with E-state index in [4.69, 9.17) is 14.8 Å². The van der Waals surface area contributed by atoms with Crippen LogP contribution in [0.3, 0.4) is 0 Å². The van der Waals surface area contributed by atoms with Crippen molar-refractivity contribution in [2.24, 2.45) is 9.98 Å². The molecule has 1 atom stereocenters. The second kappa shape index (κ2) is 14.2. The Morgan fingerprint density at radius 2 is 1.15 bits per heavy atom. The number of aliphatic imine (C=N–C) groups is 2. The third kappa shape index (κ3) is 5.85. The number of amidine groups is 2. The monoisotopic (exact) mass is 786 g/mol. The van der Waals surface area contributed by atoms with Crippen molar-refractivity contribution in [2.75, 3.05) is 0 Å². The molecule has 0 fully saturated rings. The Bertz CT molecular complexity index is 3150. The molecule has 0 saturated carbocycles. The first-order valence-electron chi connectivity index (χ1n) is 19.1. The van der Waals surface area contributed by atoms with Crippen LogP contribution in [-0.4, -0.2) is 48.0 Å². The molecule has 2 aromatic heterocycles. The Kier molecular flexibility index (Phi) is 8.54. The maximum Gasteiger partial charge on any atom is 0.208 e. The fourth-order valence-corrected chi connectivity index (χ4v) is 8.16. The molecule has 9 aromatic rings. The van der Waals surface area contributed by atoms with Crippen molar-refractivity contribution < 1.29 is 29.9 Å². The standard InChI is InChI=1S/C50H34N4O6/c51-49(43-44(55)46(57)48(59)47(58)45(43)56)53-50(30-15-8-3-9-16-30)52-27-33-17-10-18-39-41(33)42-38(23-24-40(42)60-39)54-36-21-19-31(28-11-4-1-5-12-28)25-34(36)35-26-32(20-22-37(35)54)29-13-6-2-7-14-29/h1-27,38,51,55-59H/b51-49?,52-27+,53-50-. The second-order valence-corrected chi connectivity index (χ2v) is 14.5. The molecule has 0 radical (unpaired) electrons. The normalized spacial score (nSPS) is 13.9. The van der Waals surface area contributed by atoms with Crippen molar-refractivity contribution in [1.29, 1.82) is 5.41 Å². The molecule has 1 aliphatic carbocycles. The van der Waals surface area contributed by atoms with Gasteiger partial charge in [-0.2, -0.15) is 0 Å². The Balaban J connectivity index is 1.12. The lowest BCUT2D eigenvalue weighted by Crippen LogP contribution is -2.07. The van der Waals surface area contributed by atoms with E-state index < -0.39 is 40.1 Å². The maximum absolute atomic E-state index is 10.5.